The Hall–Kier alpha value is -0.860. The zero-order chi connectivity index (χ0) is 10.8. The number of ether oxygens (including phenoxy) is 1. The number of nitrogens with one attached hydrogen (secondary N) is 1. The summed E-state index contributed by atoms with van der Waals surface area (Å²) in [7, 11) is 0. The van der Waals surface area contributed by atoms with Crippen LogP contribution in [-0.2, 0) is 11.2 Å². The van der Waals surface area contributed by atoms with Gasteiger partial charge in [0.1, 0.15) is 0 Å². The summed E-state index contributed by atoms with van der Waals surface area (Å²) >= 11 is 0. The lowest BCUT2D eigenvalue weighted by atomic mass is 9.74. The zero-order valence-corrected chi connectivity index (χ0v) is 9.56. The van der Waals surface area contributed by atoms with Gasteiger partial charge >= 0.3 is 0 Å². The molecule has 0 amide bonds. The largest absolute Gasteiger partial charge is 0.381 e. The van der Waals surface area contributed by atoms with Gasteiger partial charge in [0.05, 0.1) is 13.2 Å². The Kier molecular flexibility index (Phi) is 2.94. The van der Waals surface area contributed by atoms with E-state index in [0.717, 1.165) is 32.2 Å². The summed E-state index contributed by atoms with van der Waals surface area (Å²) < 4.78 is 5.66. The van der Waals surface area contributed by atoms with E-state index in [9.17, 15) is 0 Å². The van der Waals surface area contributed by atoms with Gasteiger partial charge in [-0.2, -0.15) is 0 Å². The number of piperidine rings is 1. The summed E-state index contributed by atoms with van der Waals surface area (Å²) in [4.78, 5) is 0. The van der Waals surface area contributed by atoms with Crippen LogP contribution in [-0.4, -0.2) is 26.3 Å². The molecule has 86 valence electrons. The second-order valence-corrected chi connectivity index (χ2v) is 5.07. The number of benzene rings is 1. The number of fused-ring (bicyclic) bond motifs is 2. The van der Waals surface area contributed by atoms with Crippen LogP contribution in [0.3, 0.4) is 0 Å². The van der Waals surface area contributed by atoms with Crippen molar-refractivity contribution in [2.75, 3.05) is 26.3 Å². The third kappa shape index (κ3) is 2.00. The van der Waals surface area contributed by atoms with Crippen LogP contribution in [0, 0.1) is 17.8 Å². The van der Waals surface area contributed by atoms with Gasteiger partial charge in [0.2, 0.25) is 0 Å². The molecule has 2 nitrogen and oxygen atoms in total. The molecule has 16 heavy (non-hydrogen) atoms. The molecule has 1 N–H and O–H groups in total. The first kappa shape index (κ1) is 10.3. The average Bonchev–Trinajstić information content (AvgIpc) is 2.30. The topological polar surface area (TPSA) is 21.3 Å². The number of hydrogen-bond acceptors (Lipinski definition) is 2. The van der Waals surface area contributed by atoms with Crippen LogP contribution in [0.15, 0.2) is 30.3 Å². The average molecular weight is 217 g/mol. The van der Waals surface area contributed by atoms with Crippen molar-refractivity contribution in [1.29, 1.82) is 0 Å². The zero-order valence-electron chi connectivity index (χ0n) is 9.56. The molecule has 1 aromatic carbocycles. The van der Waals surface area contributed by atoms with Gasteiger partial charge in [0.15, 0.2) is 0 Å². The molecule has 2 atom stereocenters. The fourth-order valence-electron chi connectivity index (χ4n) is 3.10. The van der Waals surface area contributed by atoms with Crippen LogP contribution < -0.4 is 5.32 Å². The molecule has 0 radical (unpaired) electrons. The van der Waals surface area contributed by atoms with Crippen LogP contribution in [0.25, 0.3) is 0 Å². The maximum Gasteiger partial charge on any atom is 0.0509 e. The van der Waals surface area contributed by atoms with E-state index >= 15 is 0 Å². The fraction of sp³-hybridized carbons (Fsp3) is 0.571. The maximum absolute atomic E-state index is 5.66. The smallest absolute Gasteiger partial charge is 0.0509 e. The van der Waals surface area contributed by atoms with Gasteiger partial charge < -0.3 is 10.1 Å². The van der Waals surface area contributed by atoms with Crippen LogP contribution in [0.4, 0.5) is 0 Å². The summed E-state index contributed by atoms with van der Waals surface area (Å²) in [6, 6.07) is 10.9. The van der Waals surface area contributed by atoms with E-state index in [4.69, 9.17) is 4.74 Å². The van der Waals surface area contributed by atoms with Crippen molar-refractivity contribution in [3.05, 3.63) is 35.9 Å². The first-order valence-corrected chi connectivity index (χ1v) is 6.26. The van der Waals surface area contributed by atoms with E-state index in [2.05, 4.69) is 35.6 Å². The van der Waals surface area contributed by atoms with Crippen molar-refractivity contribution < 1.29 is 4.74 Å². The molecule has 2 bridgehead atoms. The third-order valence-electron chi connectivity index (χ3n) is 4.00. The van der Waals surface area contributed by atoms with Crippen LogP contribution in [0.1, 0.15) is 5.56 Å². The Morgan fingerprint density at radius 3 is 2.44 bits per heavy atom. The van der Waals surface area contributed by atoms with Gasteiger partial charge in [-0.1, -0.05) is 30.3 Å². The molecule has 0 aliphatic carbocycles. The third-order valence-corrected chi connectivity index (χ3v) is 4.00. The second-order valence-electron chi connectivity index (χ2n) is 5.07. The fourth-order valence-corrected chi connectivity index (χ4v) is 3.10. The maximum atomic E-state index is 5.66. The first-order valence-electron chi connectivity index (χ1n) is 6.26. The first-order chi connectivity index (χ1) is 7.93. The molecule has 2 heteroatoms. The molecular weight excluding hydrogens is 198 g/mol. The van der Waals surface area contributed by atoms with E-state index in [-0.39, 0.29) is 0 Å². The lowest BCUT2D eigenvalue weighted by Crippen LogP contribution is -2.51. The van der Waals surface area contributed by atoms with E-state index in [1.165, 1.54) is 12.0 Å². The monoisotopic (exact) mass is 217 g/mol. The minimum atomic E-state index is 0.715. The Balaban J connectivity index is 1.74. The van der Waals surface area contributed by atoms with Crippen molar-refractivity contribution in [2.24, 2.45) is 17.8 Å². The molecule has 2 fully saturated rings. The predicted octanol–water partition coefficient (Wildman–Crippen LogP) is 1.71. The molecule has 2 aliphatic rings. The molecule has 2 heterocycles. The molecule has 2 unspecified atom stereocenters. The quantitative estimate of drug-likeness (QED) is 0.814. The summed E-state index contributed by atoms with van der Waals surface area (Å²) in [5.74, 6) is 2.25. The Labute approximate surface area is 97.0 Å². The van der Waals surface area contributed by atoms with Gasteiger partial charge in [-0.3, -0.25) is 0 Å². The molecule has 1 aromatic rings. The van der Waals surface area contributed by atoms with Gasteiger partial charge in [0, 0.05) is 13.1 Å². The van der Waals surface area contributed by atoms with Crippen molar-refractivity contribution >= 4 is 0 Å². The SMILES string of the molecule is c1ccc(CC2C3CNCC2COC3)cc1. The minimum Gasteiger partial charge on any atom is -0.381 e. The predicted molar refractivity (Wildman–Crippen MR) is 64.3 cm³/mol. The molecule has 2 aliphatic heterocycles. The van der Waals surface area contributed by atoms with Crippen molar-refractivity contribution in [3.8, 4) is 0 Å². The van der Waals surface area contributed by atoms with Gasteiger partial charge in [-0.15, -0.1) is 0 Å². The van der Waals surface area contributed by atoms with Gasteiger partial charge in [-0.25, -0.2) is 0 Å². The summed E-state index contributed by atoms with van der Waals surface area (Å²) in [5.41, 5.74) is 1.48. The van der Waals surface area contributed by atoms with Crippen LogP contribution in [0.2, 0.25) is 0 Å². The highest BCUT2D eigenvalue weighted by molar-refractivity contribution is 5.16. The standard InChI is InChI=1S/C14H19NO/c1-2-4-11(5-3-1)6-14-12-7-15-8-13(14)10-16-9-12/h1-5,12-15H,6-10H2. The second kappa shape index (κ2) is 4.56. The molecule has 0 aromatic heterocycles. The Morgan fingerprint density at radius 2 is 1.75 bits per heavy atom. The highest BCUT2D eigenvalue weighted by Gasteiger charge is 2.36. The summed E-state index contributed by atoms with van der Waals surface area (Å²) in [6.07, 6.45) is 1.22. The highest BCUT2D eigenvalue weighted by Crippen LogP contribution is 2.32. The molecule has 0 spiro atoms. The Bertz CT molecular complexity index is 316. The van der Waals surface area contributed by atoms with Crippen LogP contribution in [0.5, 0.6) is 0 Å². The molecular formula is C14H19NO. The molecule has 0 saturated carbocycles. The minimum absolute atomic E-state index is 0.715. The van der Waals surface area contributed by atoms with Gasteiger partial charge in [0.25, 0.3) is 0 Å². The van der Waals surface area contributed by atoms with E-state index in [1.807, 2.05) is 0 Å². The van der Waals surface area contributed by atoms with E-state index in [0.29, 0.717) is 11.8 Å². The summed E-state index contributed by atoms with van der Waals surface area (Å²) in [5, 5.41) is 3.52. The van der Waals surface area contributed by atoms with Gasteiger partial charge in [-0.05, 0) is 29.7 Å². The number of rotatable bonds is 2. The molecule has 3 rings (SSSR count). The van der Waals surface area contributed by atoms with Crippen molar-refractivity contribution in [3.63, 3.8) is 0 Å². The normalized spacial score (nSPS) is 33.6. The van der Waals surface area contributed by atoms with Crippen molar-refractivity contribution in [1.82, 2.24) is 5.32 Å². The van der Waals surface area contributed by atoms with E-state index in [1.54, 1.807) is 0 Å². The van der Waals surface area contributed by atoms with Crippen LogP contribution >= 0.6 is 0 Å². The lowest BCUT2D eigenvalue weighted by molar-refractivity contribution is -0.0459. The summed E-state index contributed by atoms with van der Waals surface area (Å²) in [6.45, 7) is 4.16. The molecule has 2 saturated heterocycles. The van der Waals surface area contributed by atoms with Crippen molar-refractivity contribution in [2.45, 2.75) is 6.42 Å². The lowest BCUT2D eigenvalue weighted by Gasteiger charge is -2.42. The Morgan fingerprint density at radius 1 is 1.06 bits per heavy atom. The highest BCUT2D eigenvalue weighted by atomic mass is 16.5. The number of hydrogen-bond donors (Lipinski definition) is 1. The van der Waals surface area contributed by atoms with E-state index < -0.39 is 0 Å².